The molecule has 0 unspecified atom stereocenters. The van der Waals surface area contributed by atoms with Gasteiger partial charge >= 0.3 is 55.4 Å². The molecule has 0 heterocycles. The molecule has 0 radical (unpaired) electrons. The van der Waals surface area contributed by atoms with E-state index in [-0.39, 0.29) is 5.97 Å². The number of carbonyl (C=O) groups excluding carboxylic acids is 1. The van der Waals surface area contributed by atoms with Gasteiger partial charge in [0.25, 0.3) is 0 Å². The molecule has 0 aliphatic rings. The molecule has 0 atom stereocenters. The van der Waals surface area contributed by atoms with Crippen molar-refractivity contribution in [3.63, 3.8) is 0 Å². The minimum atomic E-state index is -6.13. The number of methoxy groups -OCH3 is 1. The summed E-state index contributed by atoms with van der Waals surface area (Å²) in [6.45, 7) is 0. The first-order chi connectivity index (χ1) is 31.9. The van der Waals surface area contributed by atoms with E-state index in [1.165, 1.54) is 7.11 Å². The lowest BCUT2D eigenvalue weighted by Crippen LogP contribution is -2.75. The van der Waals surface area contributed by atoms with E-state index in [2.05, 4.69) is 12.5 Å². The Hall–Kier alpha value is -5.70. The summed E-state index contributed by atoms with van der Waals surface area (Å²) in [5.74, 6) is 0.691. The topological polar surface area (TPSA) is 26.3 Å². The highest BCUT2D eigenvalue weighted by molar-refractivity contribution is 7.94. The summed E-state index contributed by atoms with van der Waals surface area (Å²) in [6.07, 6.45) is -50.5. The Morgan fingerprint density at radius 1 is 0.394 bits per heavy atom. The number of hydrogen-bond acceptors (Lipinski definition) is 2. The van der Waals surface area contributed by atoms with Gasteiger partial charge < -0.3 is 4.74 Å². The molecule has 0 amide bonds. The van der Waals surface area contributed by atoms with Crippen LogP contribution in [0.3, 0.4) is 0 Å². The van der Waals surface area contributed by atoms with Crippen LogP contribution in [0.4, 0.5) is 105 Å². The maximum absolute atomic E-state index is 14.2. The minimum absolute atomic E-state index is 0.244. The van der Waals surface area contributed by atoms with Crippen LogP contribution in [0.15, 0.2) is 97.1 Å². The lowest BCUT2D eigenvalue weighted by molar-refractivity contribution is -0.144. The van der Waals surface area contributed by atoms with E-state index < -0.39 is 195 Å². The second-order valence-electron chi connectivity index (χ2n) is 15.5. The molecule has 0 aliphatic heterocycles. The van der Waals surface area contributed by atoms with Crippen molar-refractivity contribution in [1.29, 1.82) is 0 Å². The van der Waals surface area contributed by atoms with Gasteiger partial charge in [0.15, 0.2) is 0 Å². The number of hydrogen-bond donors (Lipinski definition) is 0. The van der Waals surface area contributed by atoms with Crippen LogP contribution in [-0.2, 0) is 70.8 Å². The van der Waals surface area contributed by atoms with Crippen LogP contribution < -0.4 is 21.9 Å². The number of esters is 1. The molecule has 5 rings (SSSR count). The summed E-state index contributed by atoms with van der Waals surface area (Å²) < 4.78 is 346. The third-order valence-corrected chi connectivity index (χ3v) is 11.2. The van der Waals surface area contributed by atoms with Crippen LogP contribution >= 0.6 is 0 Å². The number of ether oxygens (including phenoxy) is 1. The molecule has 5 aromatic rings. The Balaban J connectivity index is 0.000000671. The fraction of sp³-hybridized carbons (Fsp3) is 0.279. The quantitative estimate of drug-likeness (QED) is 0.0703. The monoisotopic (exact) mass is 1070 g/mol. The molecule has 0 fully saturated rings. The zero-order valence-electron chi connectivity index (χ0n) is 35.3. The maximum atomic E-state index is 14.2. The van der Waals surface area contributed by atoms with Gasteiger partial charge in [-0.2, -0.15) is 127 Å². The van der Waals surface area contributed by atoms with Crippen LogP contribution in [0.2, 0.25) is 0 Å². The fourth-order valence-corrected chi connectivity index (χ4v) is 8.21. The molecule has 0 aliphatic carbocycles. The van der Waals surface area contributed by atoms with Crippen LogP contribution in [0.1, 0.15) is 60.4 Å². The summed E-state index contributed by atoms with van der Waals surface area (Å²) in [6, 6.07) is -1.20. The Morgan fingerprint density at radius 2 is 0.606 bits per heavy atom. The predicted molar refractivity (Wildman–Crippen MR) is 211 cm³/mol. The van der Waals surface area contributed by atoms with Crippen molar-refractivity contribution in [2.24, 2.45) is 0 Å². The van der Waals surface area contributed by atoms with Crippen LogP contribution in [0.5, 0.6) is 0 Å². The zero-order valence-corrected chi connectivity index (χ0v) is 36.1. The van der Waals surface area contributed by atoms with E-state index in [0.29, 0.717) is 16.5 Å². The lowest BCUT2D eigenvalue weighted by atomic mass is 9.12. The van der Waals surface area contributed by atoms with Gasteiger partial charge in [-0.05, 0) is 41.2 Å². The molecule has 0 bridgehead atoms. The highest BCUT2D eigenvalue weighted by atomic mass is 32.2. The van der Waals surface area contributed by atoms with Gasteiger partial charge in [-0.1, -0.05) is 66.7 Å². The Bertz CT molecular complexity index is 2280. The minimum Gasteiger partial charge on any atom is -0.465 e. The smallest absolute Gasteiger partial charge is 0.416 e. The Kier molecular flexibility index (Phi) is 16.1. The molecule has 2 nitrogen and oxygen atoms in total. The number of rotatable bonds is 7. The van der Waals surface area contributed by atoms with Crippen LogP contribution in [0, 0.1) is 0 Å². The molecule has 71 heavy (non-hydrogen) atoms. The highest BCUT2D eigenvalue weighted by Gasteiger charge is 2.47. The summed E-state index contributed by atoms with van der Waals surface area (Å²) in [7, 11) is 1.71. The molecule has 0 spiro atoms. The third kappa shape index (κ3) is 13.6. The van der Waals surface area contributed by atoms with Gasteiger partial charge in [0, 0.05) is 5.56 Å². The SMILES string of the molecule is COC(=O)c1ccccc1C[S+](C)C.FC(F)(F)c1cc([B-](c2cc(C(F)(F)F)cc(C(F)(F)F)c2)(c2cc(C(F)(F)F)cc(C(F)(F)F)c2)c2cc(C(F)(F)F)cc(C(F)(F)F)c2)cc(C(F)(F)F)c1. The molecular weight excluding hydrogens is 1050 g/mol. The first kappa shape index (κ1) is 57.9. The number of alkyl halides is 24. The summed E-state index contributed by atoms with van der Waals surface area (Å²) >= 11 is 0. The van der Waals surface area contributed by atoms with Crippen LogP contribution in [0.25, 0.3) is 0 Å². The van der Waals surface area contributed by atoms with E-state index in [1.54, 1.807) is 0 Å². The second-order valence-corrected chi connectivity index (χ2v) is 17.8. The van der Waals surface area contributed by atoms with Gasteiger partial charge in [0.05, 0.1) is 69.7 Å². The molecule has 5 aromatic carbocycles. The maximum Gasteiger partial charge on any atom is 0.416 e. The first-order valence-electron chi connectivity index (χ1n) is 19.0. The highest BCUT2D eigenvalue weighted by Crippen LogP contribution is 2.41. The van der Waals surface area contributed by atoms with Crippen molar-refractivity contribution in [1.82, 2.24) is 0 Å². The van der Waals surface area contributed by atoms with E-state index in [0.717, 1.165) is 11.3 Å². The van der Waals surface area contributed by atoms with E-state index in [1.807, 2.05) is 24.3 Å². The molecule has 0 aromatic heterocycles. The molecule has 0 saturated carbocycles. The molecular formula is C43H27BF24O2S. The predicted octanol–water partition coefficient (Wildman–Crippen LogP) is 13.1. The average molecular weight is 1070 g/mol. The summed E-state index contributed by atoms with van der Waals surface area (Å²) in [5.41, 5.74) is -28.4. The van der Waals surface area contributed by atoms with Gasteiger partial charge in [-0.3, -0.25) is 0 Å². The van der Waals surface area contributed by atoms with E-state index in [9.17, 15) is 110 Å². The molecule has 388 valence electrons. The van der Waals surface area contributed by atoms with Crippen molar-refractivity contribution < 1.29 is 115 Å². The third-order valence-electron chi connectivity index (χ3n) is 10.3. The fourth-order valence-electron chi connectivity index (χ4n) is 7.34. The summed E-state index contributed by atoms with van der Waals surface area (Å²) in [5, 5.41) is 0. The van der Waals surface area contributed by atoms with Crippen LogP contribution in [-0.4, -0.2) is 31.7 Å². The Labute approximate surface area is 386 Å². The van der Waals surface area contributed by atoms with Crippen molar-refractivity contribution in [3.05, 3.63) is 153 Å². The van der Waals surface area contributed by atoms with Gasteiger partial charge in [-0.15, -0.1) is 0 Å². The zero-order chi connectivity index (χ0) is 54.5. The van der Waals surface area contributed by atoms with Gasteiger partial charge in [0.2, 0.25) is 0 Å². The average Bonchev–Trinajstić information content (AvgIpc) is 3.21. The van der Waals surface area contributed by atoms with E-state index in [4.69, 9.17) is 4.74 Å². The van der Waals surface area contributed by atoms with Crippen molar-refractivity contribution in [2.45, 2.75) is 55.2 Å². The second kappa shape index (κ2) is 19.7. The molecule has 28 heteroatoms. The molecule has 0 N–H and O–H groups in total. The van der Waals surface area contributed by atoms with Gasteiger partial charge in [-0.25, -0.2) is 4.79 Å². The standard InChI is InChI=1S/C32H12BF24.C11H15O2S/c34-25(35,36)13-1-14(26(37,38)39)6-21(5-13)33(22-7-15(27(40,41)42)2-16(8-22)28(43,44)45,23-9-17(29(46,47)48)3-18(10-23)30(49,50)51)24-11-19(31(52,53)54)4-20(12-24)32(55,56)57;1-13-11(12)10-7-5-4-6-9(10)8-14(2)3/h1-12H;4-7H,8H2,1-3H3/q-1;+1. The Morgan fingerprint density at radius 3 is 0.789 bits per heavy atom. The van der Waals surface area contributed by atoms with Gasteiger partial charge in [0.1, 0.15) is 11.9 Å². The van der Waals surface area contributed by atoms with E-state index >= 15 is 0 Å². The normalized spacial score (nSPS) is 13.5. The number of benzene rings is 5. The first-order valence-corrected chi connectivity index (χ1v) is 21.2. The van der Waals surface area contributed by atoms with Crippen molar-refractivity contribution >= 4 is 44.9 Å². The number of halogens is 24. The lowest BCUT2D eigenvalue weighted by Gasteiger charge is -2.46. The molecule has 0 saturated heterocycles. The van der Waals surface area contributed by atoms with Crippen molar-refractivity contribution in [2.75, 3.05) is 19.6 Å². The largest absolute Gasteiger partial charge is 0.465 e. The van der Waals surface area contributed by atoms with Crippen molar-refractivity contribution in [3.8, 4) is 0 Å². The number of carbonyl (C=O) groups is 1. The summed E-state index contributed by atoms with van der Waals surface area (Å²) in [4.78, 5) is 11.4.